The Hall–Kier alpha value is -2.30. The number of esters is 2. The number of methoxy groups -OCH3 is 1. The second kappa shape index (κ2) is 6.92. The Morgan fingerprint density at radius 2 is 2.00 bits per heavy atom. The van der Waals surface area contributed by atoms with Gasteiger partial charge in [0.05, 0.1) is 13.7 Å². The van der Waals surface area contributed by atoms with E-state index in [2.05, 4.69) is 9.72 Å². The molecule has 0 amide bonds. The van der Waals surface area contributed by atoms with Crippen molar-refractivity contribution in [1.82, 2.24) is 4.98 Å². The SMILES string of the molecule is CCOC(=O)c1[nH]c2ccccc2c1CCCC(=O)OC. The second-order valence-electron chi connectivity index (χ2n) is 4.67. The van der Waals surface area contributed by atoms with Gasteiger partial charge in [0.15, 0.2) is 0 Å². The van der Waals surface area contributed by atoms with E-state index in [1.54, 1.807) is 6.92 Å². The molecule has 0 bridgehead atoms. The molecule has 2 aromatic rings. The molecule has 0 saturated carbocycles. The number of aromatic amines is 1. The van der Waals surface area contributed by atoms with Crippen LogP contribution in [0.1, 0.15) is 35.8 Å². The molecule has 0 fully saturated rings. The highest BCUT2D eigenvalue weighted by atomic mass is 16.5. The van der Waals surface area contributed by atoms with Gasteiger partial charge in [-0.2, -0.15) is 0 Å². The summed E-state index contributed by atoms with van der Waals surface area (Å²) < 4.78 is 9.72. The summed E-state index contributed by atoms with van der Waals surface area (Å²) in [4.78, 5) is 26.4. The van der Waals surface area contributed by atoms with Gasteiger partial charge in [0, 0.05) is 17.3 Å². The standard InChI is InChI=1S/C16H19NO4/c1-3-21-16(19)15-12(8-6-10-14(18)20-2)11-7-4-5-9-13(11)17-15/h4-5,7,9,17H,3,6,8,10H2,1-2H3. The number of hydrogen-bond acceptors (Lipinski definition) is 4. The highest BCUT2D eigenvalue weighted by Gasteiger charge is 2.18. The van der Waals surface area contributed by atoms with Crippen molar-refractivity contribution in [3.63, 3.8) is 0 Å². The number of fused-ring (bicyclic) bond motifs is 1. The molecule has 1 heterocycles. The molecule has 1 N–H and O–H groups in total. The minimum absolute atomic E-state index is 0.243. The van der Waals surface area contributed by atoms with Crippen LogP contribution >= 0.6 is 0 Å². The van der Waals surface area contributed by atoms with Crippen LogP contribution in [0.4, 0.5) is 0 Å². The third-order valence-corrected chi connectivity index (χ3v) is 3.33. The lowest BCUT2D eigenvalue weighted by Crippen LogP contribution is -2.08. The lowest BCUT2D eigenvalue weighted by Gasteiger charge is -2.04. The first-order valence-corrected chi connectivity index (χ1v) is 7.00. The largest absolute Gasteiger partial charge is 0.469 e. The van der Waals surface area contributed by atoms with Gasteiger partial charge in [-0.05, 0) is 31.4 Å². The number of nitrogens with one attached hydrogen (secondary N) is 1. The predicted molar refractivity (Wildman–Crippen MR) is 79.2 cm³/mol. The molecule has 0 spiro atoms. The van der Waals surface area contributed by atoms with E-state index in [9.17, 15) is 9.59 Å². The highest BCUT2D eigenvalue weighted by molar-refractivity contribution is 5.98. The molecule has 0 radical (unpaired) electrons. The van der Waals surface area contributed by atoms with E-state index in [1.165, 1.54) is 7.11 Å². The van der Waals surface area contributed by atoms with E-state index in [0.29, 0.717) is 31.6 Å². The number of carbonyl (C=O) groups excluding carboxylic acids is 2. The Morgan fingerprint density at radius 1 is 1.24 bits per heavy atom. The molecule has 112 valence electrons. The highest BCUT2D eigenvalue weighted by Crippen LogP contribution is 2.24. The fourth-order valence-corrected chi connectivity index (χ4v) is 2.35. The minimum atomic E-state index is -0.359. The Bertz CT molecular complexity index is 645. The zero-order valence-corrected chi connectivity index (χ0v) is 12.3. The van der Waals surface area contributed by atoms with Crippen molar-refractivity contribution in [1.29, 1.82) is 0 Å². The number of carbonyl (C=O) groups is 2. The molecule has 0 aliphatic rings. The molecule has 1 aromatic carbocycles. The van der Waals surface area contributed by atoms with E-state index in [-0.39, 0.29) is 11.9 Å². The number of aromatic nitrogens is 1. The number of para-hydroxylation sites is 1. The van der Waals surface area contributed by atoms with E-state index in [1.807, 2.05) is 24.3 Å². The Labute approximate surface area is 123 Å². The molecule has 21 heavy (non-hydrogen) atoms. The summed E-state index contributed by atoms with van der Waals surface area (Å²) in [6.45, 7) is 2.10. The summed E-state index contributed by atoms with van der Waals surface area (Å²) in [5.41, 5.74) is 2.27. The van der Waals surface area contributed by atoms with Crippen molar-refractivity contribution in [2.45, 2.75) is 26.2 Å². The summed E-state index contributed by atoms with van der Waals surface area (Å²) in [6.07, 6.45) is 1.58. The first-order chi connectivity index (χ1) is 10.2. The van der Waals surface area contributed by atoms with Gasteiger partial charge in [0.25, 0.3) is 0 Å². The molecule has 0 aliphatic carbocycles. The molecule has 5 heteroatoms. The van der Waals surface area contributed by atoms with Gasteiger partial charge in [0.1, 0.15) is 5.69 Å². The number of H-pyrrole nitrogens is 1. The van der Waals surface area contributed by atoms with Crippen LogP contribution in [-0.2, 0) is 20.7 Å². The first-order valence-electron chi connectivity index (χ1n) is 7.00. The lowest BCUT2D eigenvalue weighted by atomic mass is 10.0. The van der Waals surface area contributed by atoms with Gasteiger partial charge in [-0.15, -0.1) is 0 Å². The molecule has 5 nitrogen and oxygen atoms in total. The summed E-state index contributed by atoms with van der Waals surface area (Å²) in [5, 5.41) is 0.991. The summed E-state index contributed by atoms with van der Waals surface area (Å²) in [6, 6.07) is 7.71. The number of hydrogen-bond donors (Lipinski definition) is 1. The van der Waals surface area contributed by atoms with Crippen LogP contribution in [0.3, 0.4) is 0 Å². The maximum absolute atomic E-state index is 12.0. The van der Waals surface area contributed by atoms with E-state index in [0.717, 1.165) is 16.5 Å². The van der Waals surface area contributed by atoms with Crippen molar-refractivity contribution < 1.29 is 19.1 Å². The van der Waals surface area contributed by atoms with Gasteiger partial charge in [-0.1, -0.05) is 18.2 Å². The number of ether oxygens (including phenoxy) is 2. The van der Waals surface area contributed by atoms with Crippen molar-refractivity contribution in [3.05, 3.63) is 35.5 Å². The smallest absolute Gasteiger partial charge is 0.355 e. The van der Waals surface area contributed by atoms with E-state index in [4.69, 9.17) is 4.74 Å². The van der Waals surface area contributed by atoms with E-state index < -0.39 is 0 Å². The van der Waals surface area contributed by atoms with Crippen LogP contribution in [0.2, 0.25) is 0 Å². The number of aryl methyl sites for hydroxylation is 1. The molecule has 1 aromatic heterocycles. The quantitative estimate of drug-likeness (QED) is 0.830. The molecule has 2 rings (SSSR count). The topological polar surface area (TPSA) is 68.4 Å². The predicted octanol–water partition coefficient (Wildman–Crippen LogP) is 2.84. The molecule has 0 saturated heterocycles. The molecule has 0 unspecified atom stereocenters. The summed E-state index contributed by atoms with van der Waals surface area (Å²) >= 11 is 0. The fraction of sp³-hybridized carbons (Fsp3) is 0.375. The Kier molecular flexibility index (Phi) is 4.98. The van der Waals surface area contributed by atoms with Crippen LogP contribution in [0.15, 0.2) is 24.3 Å². The van der Waals surface area contributed by atoms with Crippen molar-refractivity contribution in [2.24, 2.45) is 0 Å². The monoisotopic (exact) mass is 289 g/mol. The third kappa shape index (κ3) is 3.42. The summed E-state index contributed by atoms with van der Waals surface area (Å²) in [5.74, 6) is -0.603. The first kappa shape index (κ1) is 15.1. The minimum Gasteiger partial charge on any atom is -0.469 e. The average Bonchev–Trinajstić information content (AvgIpc) is 2.86. The molecule has 0 aliphatic heterocycles. The Morgan fingerprint density at radius 3 is 2.71 bits per heavy atom. The average molecular weight is 289 g/mol. The number of rotatable bonds is 6. The normalized spacial score (nSPS) is 10.6. The van der Waals surface area contributed by atoms with Crippen LogP contribution in [0.5, 0.6) is 0 Å². The van der Waals surface area contributed by atoms with Gasteiger partial charge in [-0.3, -0.25) is 4.79 Å². The molecular weight excluding hydrogens is 270 g/mol. The van der Waals surface area contributed by atoms with Crippen LogP contribution in [0.25, 0.3) is 10.9 Å². The molecule has 0 atom stereocenters. The van der Waals surface area contributed by atoms with Crippen LogP contribution in [0, 0.1) is 0 Å². The van der Waals surface area contributed by atoms with Crippen molar-refractivity contribution in [3.8, 4) is 0 Å². The van der Waals surface area contributed by atoms with Gasteiger partial charge in [0.2, 0.25) is 0 Å². The lowest BCUT2D eigenvalue weighted by molar-refractivity contribution is -0.140. The second-order valence-corrected chi connectivity index (χ2v) is 4.67. The zero-order valence-electron chi connectivity index (χ0n) is 12.3. The molecular formula is C16H19NO4. The van der Waals surface area contributed by atoms with Gasteiger partial charge < -0.3 is 14.5 Å². The van der Waals surface area contributed by atoms with Gasteiger partial charge >= 0.3 is 11.9 Å². The van der Waals surface area contributed by atoms with E-state index >= 15 is 0 Å². The Balaban J connectivity index is 2.27. The van der Waals surface area contributed by atoms with Crippen molar-refractivity contribution >= 4 is 22.8 Å². The van der Waals surface area contributed by atoms with Gasteiger partial charge in [-0.25, -0.2) is 4.79 Å². The number of benzene rings is 1. The third-order valence-electron chi connectivity index (χ3n) is 3.33. The summed E-state index contributed by atoms with van der Waals surface area (Å²) in [7, 11) is 1.37. The van der Waals surface area contributed by atoms with Crippen LogP contribution in [-0.4, -0.2) is 30.6 Å². The zero-order chi connectivity index (χ0) is 15.2. The maximum atomic E-state index is 12.0. The van der Waals surface area contributed by atoms with Crippen LogP contribution < -0.4 is 0 Å². The van der Waals surface area contributed by atoms with Crippen molar-refractivity contribution in [2.75, 3.05) is 13.7 Å². The fourth-order valence-electron chi connectivity index (χ4n) is 2.35. The maximum Gasteiger partial charge on any atom is 0.355 e.